The second-order valence-corrected chi connectivity index (χ2v) is 5.89. The first kappa shape index (κ1) is 15.1. The van der Waals surface area contributed by atoms with Gasteiger partial charge in [0.1, 0.15) is 0 Å². The molecule has 2 aromatic carbocycles. The molecular weight excluding hydrogens is 310 g/mol. The minimum atomic E-state index is -0.0907. The van der Waals surface area contributed by atoms with Crippen molar-refractivity contribution in [3.8, 4) is 0 Å². The van der Waals surface area contributed by atoms with E-state index < -0.39 is 0 Å². The number of likely N-dealkylation sites (N-methyl/N-ethyl adjacent to an activating group) is 1. The van der Waals surface area contributed by atoms with Crippen molar-refractivity contribution >= 4 is 39.5 Å². The Bertz CT molecular complexity index is 1080. The third-order valence-corrected chi connectivity index (χ3v) is 4.28. The van der Waals surface area contributed by atoms with Gasteiger partial charge in [-0.3, -0.25) is 9.78 Å². The number of carbonyl (C=O) groups excluding carboxylic acids is 1. The number of hydrogen-bond donors (Lipinski definition) is 1. The highest BCUT2D eigenvalue weighted by Crippen LogP contribution is 2.25. The highest BCUT2D eigenvalue weighted by atomic mass is 16.2. The Hall–Kier alpha value is -3.40. The molecule has 0 radical (unpaired) electrons. The number of nitrogens with zero attached hydrogens (tertiary/aromatic N) is 2. The average molecular weight is 327 g/mol. The Labute approximate surface area is 145 Å². The van der Waals surface area contributed by atoms with Crippen molar-refractivity contribution in [3.05, 3.63) is 78.6 Å². The smallest absolute Gasteiger partial charge is 0.250 e. The predicted octanol–water partition coefficient (Wildman–Crippen LogP) is 4.39. The number of amides is 1. The molecule has 2 aromatic heterocycles. The lowest BCUT2D eigenvalue weighted by atomic mass is 10.1. The fourth-order valence-electron chi connectivity index (χ4n) is 2.90. The summed E-state index contributed by atoms with van der Waals surface area (Å²) in [4.78, 5) is 21.7. The molecule has 25 heavy (non-hydrogen) atoms. The van der Waals surface area contributed by atoms with Crippen molar-refractivity contribution in [1.29, 1.82) is 0 Å². The molecule has 4 rings (SSSR count). The summed E-state index contributed by atoms with van der Waals surface area (Å²) in [6, 6.07) is 19.7. The van der Waals surface area contributed by atoms with Crippen LogP contribution in [0.15, 0.2) is 72.9 Å². The molecule has 0 unspecified atom stereocenters. The normalized spacial score (nSPS) is 11.4. The SMILES string of the molecule is CN(C(=O)/C=C/c1cc2c(cn1)[nH]c1ccccc12)c1ccccc1. The minimum absolute atomic E-state index is 0.0907. The van der Waals surface area contributed by atoms with E-state index >= 15 is 0 Å². The van der Waals surface area contributed by atoms with E-state index in [2.05, 4.69) is 16.0 Å². The van der Waals surface area contributed by atoms with E-state index in [1.165, 1.54) is 0 Å². The zero-order chi connectivity index (χ0) is 17.2. The highest BCUT2D eigenvalue weighted by Gasteiger charge is 2.08. The van der Waals surface area contributed by atoms with E-state index in [0.717, 1.165) is 33.2 Å². The maximum absolute atomic E-state index is 12.3. The molecule has 1 N–H and O–H groups in total. The van der Waals surface area contributed by atoms with E-state index in [4.69, 9.17) is 0 Å². The van der Waals surface area contributed by atoms with Crippen LogP contribution in [-0.4, -0.2) is 22.9 Å². The number of rotatable bonds is 3. The fraction of sp³-hybridized carbons (Fsp3) is 0.0476. The summed E-state index contributed by atoms with van der Waals surface area (Å²) in [7, 11) is 1.76. The van der Waals surface area contributed by atoms with Gasteiger partial charge in [-0.25, -0.2) is 0 Å². The van der Waals surface area contributed by atoms with Crippen molar-refractivity contribution in [3.63, 3.8) is 0 Å². The molecule has 122 valence electrons. The van der Waals surface area contributed by atoms with Crippen LogP contribution in [0.1, 0.15) is 5.69 Å². The molecule has 2 heterocycles. The lowest BCUT2D eigenvalue weighted by Gasteiger charge is -2.14. The molecule has 4 heteroatoms. The van der Waals surface area contributed by atoms with Gasteiger partial charge < -0.3 is 9.88 Å². The Morgan fingerprint density at radius 3 is 2.60 bits per heavy atom. The van der Waals surface area contributed by atoms with Gasteiger partial charge in [0.05, 0.1) is 17.4 Å². The zero-order valence-electron chi connectivity index (χ0n) is 13.8. The van der Waals surface area contributed by atoms with Crippen LogP contribution in [0.2, 0.25) is 0 Å². The first-order valence-corrected chi connectivity index (χ1v) is 8.10. The maximum atomic E-state index is 12.3. The van der Waals surface area contributed by atoms with Gasteiger partial charge in [-0.05, 0) is 30.3 Å². The minimum Gasteiger partial charge on any atom is -0.353 e. The van der Waals surface area contributed by atoms with Crippen LogP contribution in [0.5, 0.6) is 0 Å². The monoisotopic (exact) mass is 327 g/mol. The summed E-state index contributed by atoms with van der Waals surface area (Å²) >= 11 is 0. The number of aromatic nitrogens is 2. The van der Waals surface area contributed by atoms with Crippen LogP contribution < -0.4 is 4.90 Å². The van der Waals surface area contributed by atoms with Gasteiger partial charge in [0.25, 0.3) is 5.91 Å². The second-order valence-electron chi connectivity index (χ2n) is 5.89. The van der Waals surface area contributed by atoms with E-state index in [1.54, 1.807) is 30.3 Å². The molecule has 4 nitrogen and oxygen atoms in total. The second kappa shape index (κ2) is 6.24. The number of para-hydroxylation sites is 2. The van der Waals surface area contributed by atoms with Gasteiger partial charge in [0.2, 0.25) is 0 Å². The summed E-state index contributed by atoms with van der Waals surface area (Å²) < 4.78 is 0. The van der Waals surface area contributed by atoms with Crippen molar-refractivity contribution in [2.75, 3.05) is 11.9 Å². The standard InChI is InChI=1S/C21H17N3O/c1-24(16-7-3-2-4-8-16)21(25)12-11-15-13-18-17-9-5-6-10-19(17)23-20(18)14-22-15/h2-14,23H,1H3/b12-11+. The largest absolute Gasteiger partial charge is 0.353 e. The van der Waals surface area contributed by atoms with E-state index in [9.17, 15) is 4.79 Å². The number of anilines is 1. The molecule has 0 aliphatic rings. The summed E-state index contributed by atoms with van der Waals surface area (Å²) in [6.45, 7) is 0. The first-order valence-electron chi connectivity index (χ1n) is 8.10. The van der Waals surface area contributed by atoms with Crippen molar-refractivity contribution in [2.24, 2.45) is 0 Å². The fourth-order valence-corrected chi connectivity index (χ4v) is 2.90. The Balaban J connectivity index is 1.62. The van der Waals surface area contributed by atoms with Crippen LogP contribution in [0.25, 0.3) is 27.9 Å². The summed E-state index contributed by atoms with van der Waals surface area (Å²) in [5.41, 5.74) is 3.69. The Kier molecular flexibility index (Phi) is 3.78. The van der Waals surface area contributed by atoms with Crippen LogP contribution in [0, 0.1) is 0 Å². The number of benzene rings is 2. The maximum Gasteiger partial charge on any atom is 0.250 e. The van der Waals surface area contributed by atoms with Crippen molar-refractivity contribution < 1.29 is 4.79 Å². The number of hydrogen-bond acceptors (Lipinski definition) is 2. The highest BCUT2D eigenvalue weighted by molar-refractivity contribution is 6.08. The number of aromatic amines is 1. The molecule has 0 atom stereocenters. The van der Waals surface area contributed by atoms with Gasteiger partial charge in [0, 0.05) is 35.1 Å². The Morgan fingerprint density at radius 1 is 1.00 bits per heavy atom. The molecule has 0 saturated heterocycles. The van der Waals surface area contributed by atoms with E-state index in [1.807, 2.05) is 54.6 Å². The number of fused-ring (bicyclic) bond motifs is 3. The van der Waals surface area contributed by atoms with E-state index in [0.29, 0.717) is 0 Å². The molecule has 0 aliphatic heterocycles. The Morgan fingerprint density at radius 2 is 1.76 bits per heavy atom. The molecule has 0 bridgehead atoms. The molecule has 1 amide bonds. The summed E-state index contributed by atoms with van der Waals surface area (Å²) in [6.07, 6.45) is 5.11. The predicted molar refractivity (Wildman–Crippen MR) is 102 cm³/mol. The van der Waals surface area contributed by atoms with Crippen molar-refractivity contribution in [2.45, 2.75) is 0 Å². The lowest BCUT2D eigenvalue weighted by Crippen LogP contribution is -2.23. The van der Waals surface area contributed by atoms with Crippen LogP contribution in [0.4, 0.5) is 5.69 Å². The van der Waals surface area contributed by atoms with Gasteiger partial charge in [-0.2, -0.15) is 0 Å². The van der Waals surface area contributed by atoms with Crippen LogP contribution >= 0.6 is 0 Å². The topological polar surface area (TPSA) is 49.0 Å². The first-order chi connectivity index (χ1) is 12.2. The molecule has 0 aliphatic carbocycles. The van der Waals surface area contributed by atoms with Gasteiger partial charge in [0.15, 0.2) is 0 Å². The molecule has 0 saturated carbocycles. The molecule has 4 aromatic rings. The average Bonchev–Trinajstić information content (AvgIpc) is 3.04. The summed E-state index contributed by atoms with van der Waals surface area (Å²) in [5.74, 6) is -0.0907. The third-order valence-electron chi connectivity index (χ3n) is 4.28. The molecule has 0 spiro atoms. The van der Waals surface area contributed by atoms with Gasteiger partial charge >= 0.3 is 0 Å². The van der Waals surface area contributed by atoms with Crippen LogP contribution in [0.3, 0.4) is 0 Å². The van der Waals surface area contributed by atoms with Crippen LogP contribution in [-0.2, 0) is 4.79 Å². The third kappa shape index (κ3) is 2.90. The number of nitrogens with one attached hydrogen (secondary N) is 1. The quantitative estimate of drug-likeness (QED) is 0.567. The van der Waals surface area contributed by atoms with Crippen molar-refractivity contribution in [1.82, 2.24) is 9.97 Å². The number of carbonyl (C=O) groups is 1. The summed E-state index contributed by atoms with van der Waals surface area (Å²) in [5, 5.41) is 2.26. The zero-order valence-corrected chi connectivity index (χ0v) is 13.8. The number of H-pyrrole nitrogens is 1. The lowest BCUT2D eigenvalue weighted by molar-refractivity contribution is -0.113. The molecular formula is C21H17N3O. The van der Waals surface area contributed by atoms with E-state index in [-0.39, 0.29) is 5.91 Å². The van der Waals surface area contributed by atoms with Gasteiger partial charge in [-0.15, -0.1) is 0 Å². The van der Waals surface area contributed by atoms with Gasteiger partial charge in [-0.1, -0.05) is 36.4 Å². The molecule has 0 fully saturated rings. The number of pyridine rings is 1.